The van der Waals surface area contributed by atoms with Crippen molar-refractivity contribution >= 4 is 0 Å². The van der Waals surface area contributed by atoms with Gasteiger partial charge < -0.3 is 10.2 Å². The van der Waals surface area contributed by atoms with Gasteiger partial charge in [0.2, 0.25) is 0 Å². The Morgan fingerprint density at radius 3 is 2.33 bits per heavy atom. The van der Waals surface area contributed by atoms with Crippen molar-refractivity contribution in [1.82, 2.24) is 10.2 Å². The average Bonchev–Trinajstić information content (AvgIpc) is 1.96. The van der Waals surface area contributed by atoms with Crippen molar-refractivity contribution in [3.8, 4) is 0 Å². The molecule has 2 nitrogen and oxygen atoms in total. The largest absolute Gasteiger partial charge is 0.316 e. The van der Waals surface area contributed by atoms with Gasteiger partial charge in [-0.1, -0.05) is 6.92 Å². The van der Waals surface area contributed by atoms with Crippen molar-refractivity contribution < 1.29 is 0 Å². The highest BCUT2D eigenvalue weighted by molar-refractivity contribution is 4.88. The summed E-state index contributed by atoms with van der Waals surface area (Å²) in [5, 5.41) is 3.34. The van der Waals surface area contributed by atoms with Gasteiger partial charge in [0.25, 0.3) is 0 Å². The molecule has 2 heteroatoms. The van der Waals surface area contributed by atoms with Gasteiger partial charge >= 0.3 is 0 Å². The second-order valence-electron chi connectivity index (χ2n) is 4.74. The van der Waals surface area contributed by atoms with E-state index in [1.165, 1.54) is 26.1 Å². The number of nitrogens with one attached hydrogen (secondary N) is 1. The van der Waals surface area contributed by atoms with E-state index in [-0.39, 0.29) is 0 Å². The normalized spacial score (nSPS) is 21.5. The Kier molecular flexibility index (Phi) is 3.13. The Bertz CT molecular complexity index is 139. The molecule has 12 heavy (non-hydrogen) atoms. The van der Waals surface area contributed by atoms with Gasteiger partial charge in [0.1, 0.15) is 0 Å². The minimum absolute atomic E-state index is 0.586. The Balaban J connectivity index is 2.16. The lowest BCUT2D eigenvalue weighted by molar-refractivity contribution is 0.143. The molecule has 0 aromatic rings. The molecule has 1 fully saturated rings. The summed E-state index contributed by atoms with van der Waals surface area (Å²) in [4.78, 5) is 2.42. The SMILES string of the molecule is CC(C)N(C)CCC1(C)CNC1. The van der Waals surface area contributed by atoms with Crippen LogP contribution in [-0.2, 0) is 0 Å². The Hall–Kier alpha value is -0.0800. The van der Waals surface area contributed by atoms with Crippen LogP contribution in [0.1, 0.15) is 27.2 Å². The third-order valence-electron chi connectivity index (χ3n) is 3.05. The molecule has 0 aromatic carbocycles. The van der Waals surface area contributed by atoms with E-state index in [1.54, 1.807) is 0 Å². The lowest BCUT2D eigenvalue weighted by atomic mass is 9.81. The molecule has 0 radical (unpaired) electrons. The van der Waals surface area contributed by atoms with E-state index >= 15 is 0 Å². The third-order valence-corrected chi connectivity index (χ3v) is 3.05. The molecule has 72 valence electrons. The molecular weight excluding hydrogens is 148 g/mol. The molecule has 0 aliphatic carbocycles. The molecule has 0 spiro atoms. The van der Waals surface area contributed by atoms with E-state index in [4.69, 9.17) is 0 Å². The molecule has 0 bridgehead atoms. The quantitative estimate of drug-likeness (QED) is 0.684. The molecule has 0 saturated carbocycles. The Labute approximate surface area is 76.3 Å². The maximum Gasteiger partial charge on any atom is 0.00355 e. The minimum Gasteiger partial charge on any atom is -0.316 e. The molecule has 1 aliphatic heterocycles. The summed E-state index contributed by atoms with van der Waals surface area (Å²) in [6.45, 7) is 10.5. The van der Waals surface area contributed by atoms with Crippen LogP contribution in [-0.4, -0.2) is 37.6 Å². The summed E-state index contributed by atoms with van der Waals surface area (Å²) in [5.41, 5.74) is 0.586. The van der Waals surface area contributed by atoms with Crippen LogP contribution in [0.3, 0.4) is 0 Å². The first-order valence-corrected chi connectivity index (χ1v) is 4.94. The summed E-state index contributed by atoms with van der Waals surface area (Å²) >= 11 is 0. The highest BCUT2D eigenvalue weighted by atomic mass is 15.1. The van der Waals surface area contributed by atoms with Gasteiger partial charge in [-0.25, -0.2) is 0 Å². The van der Waals surface area contributed by atoms with Crippen molar-refractivity contribution in [2.24, 2.45) is 5.41 Å². The van der Waals surface area contributed by atoms with Crippen LogP contribution >= 0.6 is 0 Å². The van der Waals surface area contributed by atoms with Crippen LogP contribution in [0, 0.1) is 5.41 Å². The van der Waals surface area contributed by atoms with Gasteiger partial charge in [0.05, 0.1) is 0 Å². The van der Waals surface area contributed by atoms with Gasteiger partial charge in [0, 0.05) is 19.1 Å². The molecule has 1 saturated heterocycles. The topological polar surface area (TPSA) is 15.3 Å². The third kappa shape index (κ3) is 2.46. The molecule has 0 atom stereocenters. The highest BCUT2D eigenvalue weighted by Gasteiger charge is 2.31. The van der Waals surface area contributed by atoms with E-state index in [2.05, 4.69) is 38.0 Å². The lowest BCUT2D eigenvalue weighted by Gasteiger charge is -2.40. The molecule has 0 aromatic heterocycles. The van der Waals surface area contributed by atoms with Gasteiger partial charge in [-0.15, -0.1) is 0 Å². The first-order valence-electron chi connectivity index (χ1n) is 4.94. The zero-order valence-corrected chi connectivity index (χ0v) is 8.85. The molecule has 1 aliphatic rings. The van der Waals surface area contributed by atoms with Crippen LogP contribution in [0.4, 0.5) is 0 Å². The van der Waals surface area contributed by atoms with Crippen LogP contribution in [0.25, 0.3) is 0 Å². The lowest BCUT2D eigenvalue weighted by Crippen LogP contribution is -2.52. The fraction of sp³-hybridized carbons (Fsp3) is 1.00. The van der Waals surface area contributed by atoms with E-state index in [0.29, 0.717) is 11.5 Å². The van der Waals surface area contributed by atoms with Crippen molar-refractivity contribution in [2.75, 3.05) is 26.7 Å². The molecule has 1 N–H and O–H groups in total. The van der Waals surface area contributed by atoms with Crippen molar-refractivity contribution in [2.45, 2.75) is 33.2 Å². The van der Waals surface area contributed by atoms with Crippen molar-refractivity contribution in [3.63, 3.8) is 0 Å². The number of hydrogen-bond donors (Lipinski definition) is 1. The summed E-state index contributed by atoms with van der Waals surface area (Å²) in [7, 11) is 2.21. The predicted octanol–water partition coefficient (Wildman–Crippen LogP) is 1.33. The van der Waals surface area contributed by atoms with E-state index in [9.17, 15) is 0 Å². The maximum atomic E-state index is 3.34. The minimum atomic E-state index is 0.586. The second-order valence-corrected chi connectivity index (χ2v) is 4.74. The molecule has 0 amide bonds. The maximum absolute atomic E-state index is 3.34. The number of rotatable bonds is 4. The molecule has 1 heterocycles. The van der Waals surface area contributed by atoms with E-state index in [0.717, 1.165) is 0 Å². The standard InChI is InChI=1S/C10H22N2/c1-9(2)12(4)6-5-10(3)7-11-8-10/h9,11H,5-8H2,1-4H3. The van der Waals surface area contributed by atoms with Gasteiger partial charge in [-0.05, 0) is 39.3 Å². The zero-order chi connectivity index (χ0) is 9.19. The predicted molar refractivity (Wildman–Crippen MR) is 53.4 cm³/mol. The Morgan fingerprint density at radius 2 is 2.00 bits per heavy atom. The van der Waals surface area contributed by atoms with Crippen molar-refractivity contribution in [1.29, 1.82) is 0 Å². The van der Waals surface area contributed by atoms with Gasteiger partial charge in [0.15, 0.2) is 0 Å². The summed E-state index contributed by atoms with van der Waals surface area (Å²) in [6.07, 6.45) is 1.33. The summed E-state index contributed by atoms with van der Waals surface area (Å²) in [5.74, 6) is 0. The Morgan fingerprint density at radius 1 is 1.42 bits per heavy atom. The average molecular weight is 170 g/mol. The van der Waals surface area contributed by atoms with Crippen LogP contribution in [0.15, 0.2) is 0 Å². The summed E-state index contributed by atoms with van der Waals surface area (Å²) < 4.78 is 0. The summed E-state index contributed by atoms with van der Waals surface area (Å²) in [6, 6.07) is 0.682. The monoisotopic (exact) mass is 170 g/mol. The van der Waals surface area contributed by atoms with E-state index < -0.39 is 0 Å². The van der Waals surface area contributed by atoms with Gasteiger partial charge in [-0.3, -0.25) is 0 Å². The van der Waals surface area contributed by atoms with Crippen LogP contribution in [0.2, 0.25) is 0 Å². The smallest absolute Gasteiger partial charge is 0.00355 e. The fourth-order valence-electron chi connectivity index (χ4n) is 1.43. The fourth-order valence-corrected chi connectivity index (χ4v) is 1.43. The molecule has 0 unspecified atom stereocenters. The van der Waals surface area contributed by atoms with E-state index in [1.807, 2.05) is 0 Å². The number of nitrogens with zero attached hydrogens (tertiary/aromatic N) is 1. The van der Waals surface area contributed by atoms with Gasteiger partial charge in [-0.2, -0.15) is 0 Å². The zero-order valence-electron chi connectivity index (χ0n) is 8.85. The highest BCUT2D eigenvalue weighted by Crippen LogP contribution is 2.25. The number of hydrogen-bond acceptors (Lipinski definition) is 2. The molecular formula is C10H22N2. The van der Waals surface area contributed by atoms with Crippen LogP contribution in [0.5, 0.6) is 0 Å². The first kappa shape index (κ1) is 10.0. The van der Waals surface area contributed by atoms with Crippen LogP contribution < -0.4 is 5.32 Å². The van der Waals surface area contributed by atoms with Crippen molar-refractivity contribution in [3.05, 3.63) is 0 Å². The molecule has 1 rings (SSSR count). The first-order chi connectivity index (χ1) is 5.53. The second kappa shape index (κ2) is 3.75.